The second kappa shape index (κ2) is 9.93. The summed E-state index contributed by atoms with van der Waals surface area (Å²) in [6.45, 7) is 4.66. The van der Waals surface area contributed by atoms with Gasteiger partial charge < -0.3 is 10.1 Å². The molecule has 0 saturated carbocycles. The van der Waals surface area contributed by atoms with Gasteiger partial charge >= 0.3 is 0 Å². The molecule has 0 heterocycles. The van der Waals surface area contributed by atoms with Crippen molar-refractivity contribution in [3.8, 4) is 5.75 Å². The van der Waals surface area contributed by atoms with Gasteiger partial charge in [0.05, 0.1) is 0 Å². The monoisotopic (exact) mass is 333 g/mol. The van der Waals surface area contributed by atoms with Crippen molar-refractivity contribution in [2.24, 2.45) is 0 Å². The third-order valence-electron chi connectivity index (χ3n) is 3.35. The molecular formula is C22H23NO2. The van der Waals surface area contributed by atoms with Crippen molar-refractivity contribution in [1.29, 1.82) is 0 Å². The number of benzene rings is 2. The smallest absolute Gasteiger partial charge is 0.247 e. The molecule has 2 aromatic carbocycles. The van der Waals surface area contributed by atoms with Crippen LogP contribution in [0.3, 0.4) is 0 Å². The molecule has 0 aliphatic rings. The maximum Gasteiger partial charge on any atom is 0.247 e. The first kappa shape index (κ1) is 18.3. The number of rotatable bonds is 7. The van der Waals surface area contributed by atoms with Crippen molar-refractivity contribution < 1.29 is 9.53 Å². The largest absolute Gasteiger partial charge is 0.490 e. The van der Waals surface area contributed by atoms with Gasteiger partial charge in [-0.25, -0.2) is 0 Å². The van der Waals surface area contributed by atoms with E-state index in [1.165, 1.54) is 11.6 Å². The zero-order valence-corrected chi connectivity index (χ0v) is 14.6. The first-order chi connectivity index (χ1) is 12.1. The van der Waals surface area contributed by atoms with Crippen molar-refractivity contribution in [2.45, 2.75) is 13.8 Å². The topological polar surface area (TPSA) is 38.3 Å². The van der Waals surface area contributed by atoms with Gasteiger partial charge in [0.25, 0.3) is 0 Å². The lowest BCUT2D eigenvalue weighted by Gasteiger charge is -2.03. The van der Waals surface area contributed by atoms with Gasteiger partial charge in [-0.2, -0.15) is 0 Å². The van der Waals surface area contributed by atoms with Gasteiger partial charge in [0.1, 0.15) is 12.4 Å². The molecule has 1 amide bonds. The van der Waals surface area contributed by atoms with Crippen LogP contribution in [0.2, 0.25) is 0 Å². The van der Waals surface area contributed by atoms with Gasteiger partial charge in [0.15, 0.2) is 0 Å². The fourth-order valence-electron chi connectivity index (χ4n) is 1.98. The van der Waals surface area contributed by atoms with Crippen LogP contribution >= 0.6 is 0 Å². The van der Waals surface area contributed by atoms with Gasteiger partial charge in [-0.15, -0.1) is 0 Å². The second-order valence-electron chi connectivity index (χ2n) is 5.75. The molecule has 25 heavy (non-hydrogen) atoms. The minimum atomic E-state index is -0.165. The Morgan fingerprint density at radius 3 is 2.32 bits per heavy atom. The van der Waals surface area contributed by atoms with Gasteiger partial charge in [-0.1, -0.05) is 48.0 Å². The van der Waals surface area contributed by atoms with E-state index in [4.69, 9.17) is 4.74 Å². The zero-order chi connectivity index (χ0) is 17.9. The molecule has 0 unspecified atom stereocenters. The highest BCUT2D eigenvalue weighted by Gasteiger charge is 1.94. The summed E-state index contributed by atoms with van der Waals surface area (Å²) < 4.78 is 5.61. The number of amides is 1. The molecular weight excluding hydrogens is 310 g/mol. The van der Waals surface area contributed by atoms with Gasteiger partial charge in [-0.05, 0) is 55.3 Å². The fourth-order valence-corrected chi connectivity index (χ4v) is 1.98. The van der Waals surface area contributed by atoms with Crippen LogP contribution in [0.4, 0.5) is 0 Å². The Hall–Kier alpha value is -3.07. The molecule has 0 aromatic heterocycles. The molecule has 0 bridgehead atoms. The molecule has 0 spiro atoms. The van der Waals surface area contributed by atoms with Crippen LogP contribution in [0.25, 0.3) is 12.2 Å². The Kier molecular flexibility index (Phi) is 7.26. The predicted molar refractivity (Wildman–Crippen MR) is 104 cm³/mol. The summed E-state index contributed by atoms with van der Waals surface area (Å²) in [5.74, 6) is 0.659. The van der Waals surface area contributed by atoms with Crippen LogP contribution in [0, 0.1) is 0 Å². The van der Waals surface area contributed by atoms with E-state index in [0.29, 0.717) is 6.61 Å². The van der Waals surface area contributed by atoms with Crippen molar-refractivity contribution in [3.05, 3.63) is 89.6 Å². The second-order valence-corrected chi connectivity index (χ2v) is 5.75. The van der Waals surface area contributed by atoms with E-state index >= 15 is 0 Å². The van der Waals surface area contributed by atoms with E-state index in [2.05, 4.69) is 5.32 Å². The summed E-state index contributed by atoms with van der Waals surface area (Å²) in [5, 5.41) is 2.72. The third-order valence-corrected chi connectivity index (χ3v) is 3.35. The highest BCUT2D eigenvalue weighted by Crippen LogP contribution is 2.13. The number of hydrogen-bond donors (Lipinski definition) is 1. The molecule has 0 atom stereocenters. The Morgan fingerprint density at radius 1 is 0.960 bits per heavy atom. The van der Waals surface area contributed by atoms with Crippen molar-refractivity contribution in [2.75, 3.05) is 6.61 Å². The Labute approximate surface area is 149 Å². The SMILES string of the molecule is CC(C)=CCOc1ccc(/C=C/NC(=O)/C=C/c2ccccc2)cc1. The normalized spacial score (nSPS) is 10.8. The molecule has 3 heteroatoms. The van der Waals surface area contributed by atoms with E-state index in [0.717, 1.165) is 16.9 Å². The Morgan fingerprint density at radius 2 is 1.64 bits per heavy atom. The fraction of sp³-hybridized carbons (Fsp3) is 0.136. The van der Waals surface area contributed by atoms with Crippen molar-refractivity contribution in [3.63, 3.8) is 0 Å². The standard InChI is InChI=1S/C22H23NO2/c1-18(2)15-17-25-21-11-8-20(9-12-21)14-16-23-22(24)13-10-19-6-4-3-5-7-19/h3-16H,17H2,1-2H3,(H,23,24)/b13-10+,16-14+. The summed E-state index contributed by atoms with van der Waals surface area (Å²) in [4.78, 5) is 11.8. The van der Waals surface area contributed by atoms with E-state index in [1.54, 1.807) is 12.3 Å². The molecule has 0 saturated heterocycles. The lowest BCUT2D eigenvalue weighted by atomic mass is 10.2. The molecule has 0 fully saturated rings. The molecule has 128 valence electrons. The van der Waals surface area contributed by atoms with Crippen LogP contribution in [0.15, 0.2) is 78.5 Å². The van der Waals surface area contributed by atoms with Crippen LogP contribution in [0.5, 0.6) is 5.75 Å². The highest BCUT2D eigenvalue weighted by atomic mass is 16.5. The number of carbonyl (C=O) groups is 1. The first-order valence-electron chi connectivity index (χ1n) is 8.20. The molecule has 0 aliphatic carbocycles. The zero-order valence-electron chi connectivity index (χ0n) is 14.6. The van der Waals surface area contributed by atoms with Crippen molar-refractivity contribution in [1.82, 2.24) is 5.32 Å². The van der Waals surface area contributed by atoms with E-state index < -0.39 is 0 Å². The number of ether oxygens (including phenoxy) is 1. The van der Waals surface area contributed by atoms with E-state index in [9.17, 15) is 4.79 Å². The quantitative estimate of drug-likeness (QED) is 0.582. The third kappa shape index (κ3) is 7.36. The highest BCUT2D eigenvalue weighted by molar-refractivity contribution is 5.92. The van der Waals surface area contributed by atoms with Gasteiger partial charge in [-0.3, -0.25) is 4.79 Å². The number of nitrogens with one attached hydrogen (secondary N) is 1. The summed E-state index contributed by atoms with van der Waals surface area (Å²) in [7, 11) is 0. The maximum absolute atomic E-state index is 11.8. The molecule has 3 nitrogen and oxygen atoms in total. The van der Waals surface area contributed by atoms with Crippen molar-refractivity contribution >= 4 is 18.1 Å². The molecule has 0 aliphatic heterocycles. The molecule has 2 rings (SSSR count). The summed E-state index contributed by atoms with van der Waals surface area (Å²) >= 11 is 0. The summed E-state index contributed by atoms with van der Waals surface area (Å²) in [5.41, 5.74) is 3.21. The number of carbonyl (C=O) groups excluding carboxylic acids is 1. The summed E-state index contributed by atoms with van der Waals surface area (Å²) in [6.07, 6.45) is 8.80. The number of hydrogen-bond acceptors (Lipinski definition) is 2. The Balaban J connectivity index is 1.80. The molecule has 0 radical (unpaired) electrons. The Bertz CT molecular complexity index is 752. The molecule has 2 aromatic rings. The number of allylic oxidation sites excluding steroid dienone is 1. The van der Waals surface area contributed by atoms with Gasteiger partial charge in [0, 0.05) is 12.3 Å². The molecule has 1 N–H and O–H groups in total. The van der Waals surface area contributed by atoms with Gasteiger partial charge in [0.2, 0.25) is 5.91 Å². The minimum Gasteiger partial charge on any atom is -0.490 e. The maximum atomic E-state index is 11.8. The average molecular weight is 333 g/mol. The van der Waals surface area contributed by atoms with Crippen LogP contribution in [-0.2, 0) is 4.79 Å². The predicted octanol–water partition coefficient (Wildman–Crippen LogP) is 4.83. The lowest BCUT2D eigenvalue weighted by molar-refractivity contribution is -0.115. The average Bonchev–Trinajstić information content (AvgIpc) is 2.62. The van der Waals surface area contributed by atoms with Crippen LogP contribution < -0.4 is 10.1 Å². The lowest BCUT2D eigenvalue weighted by Crippen LogP contribution is -2.13. The summed E-state index contributed by atoms with van der Waals surface area (Å²) in [6, 6.07) is 17.4. The first-order valence-corrected chi connectivity index (χ1v) is 8.20. The van der Waals surface area contributed by atoms with E-state index in [1.807, 2.05) is 80.6 Å². The minimum absolute atomic E-state index is 0.165. The van der Waals surface area contributed by atoms with Crippen LogP contribution in [0.1, 0.15) is 25.0 Å². The van der Waals surface area contributed by atoms with Crippen LogP contribution in [-0.4, -0.2) is 12.5 Å². The van der Waals surface area contributed by atoms with E-state index in [-0.39, 0.29) is 5.91 Å².